The van der Waals surface area contributed by atoms with Crippen LogP contribution in [-0.4, -0.2) is 34.8 Å². The highest BCUT2D eigenvalue weighted by molar-refractivity contribution is 6.10. The Morgan fingerprint density at radius 3 is 2.20 bits per heavy atom. The summed E-state index contributed by atoms with van der Waals surface area (Å²) >= 11 is 0. The number of hydrogen-bond acceptors (Lipinski definition) is 5. The molecule has 49 heavy (non-hydrogen) atoms. The number of allylic oxidation sites excluding steroid dienone is 1. The lowest BCUT2D eigenvalue weighted by molar-refractivity contribution is -0.233. The zero-order valence-electron chi connectivity index (χ0n) is 31.3. The van der Waals surface area contributed by atoms with Crippen molar-refractivity contribution in [3.63, 3.8) is 0 Å². The number of rotatable bonds is 7. The quantitative estimate of drug-likeness (QED) is 0.280. The van der Waals surface area contributed by atoms with Crippen LogP contribution < -0.4 is 5.32 Å². The number of benzene rings is 1. The van der Waals surface area contributed by atoms with Gasteiger partial charge in [-0.3, -0.25) is 19.2 Å². The Balaban J connectivity index is 1.31. The van der Waals surface area contributed by atoms with E-state index in [1.807, 2.05) is 30.3 Å². The molecule has 0 saturated heterocycles. The second-order valence-electron chi connectivity index (χ2n) is 18.8. The Hall–Kier alpha value is -2.96. The van der Waals surface area contributed by atoms with Crippen LogP contribution >= 0.6 is 0 Å². The lowest BCUT2D eigenvalue weighted by atomic mass is 9.33. The summed E-state index contributed by atoms with van der Waals surface area (Å²) in [5.74, 6) is -0.227. The topological polar surface area (TPSA) is 110 Å². The third-order valence-corrected chi connectivity index (χ3v) is 15.3. The van der Waals surface area contributed by atoms with Gasteiger partial charge in [0.2, 0.25) is 5.91 Å². The smallest absolute Gasteiger partial charge is 0.309 e. The number of anilines is 1. The van der Waals surface area contributed by atoms with Crippen LogP contribution in [0.25, 0.3) is 0 Å². The fourth-order valence-corrected chi connectivity index (χ4v) is 12.5. The molecule has 0 aliphatic heterocycles. The number of carbonyl (C=O) groups is 4. The molecule has 5 aliphatic rings. The number of esters is 1. The first-order valence-corrected chi connectivity index (χ1v) is 18.8. The number of carboxylic acid groups (broad SMARTS) is 1. The minimum atomic E-state index is -1.17. The summed E-state index contributed by atoms with van der Waals surface area (Å²) in [5.41, 5.74) is 0.644. The Morgan fingerprint density at radius 2 is 1.57 bits per heavy atom. The molecule has 2 N–H and O–H groups in total. The number of carboxylic acids is 1. The summed E-state index contributed by atoms with van der Waals surface area (Å²) in [6.45, 7) is 19.4. The van der Waals surface area contributed by atoms with Gasteiger partial charge in [0.1, 0.15) is 6.10 Å². The van der Waals surface area contributed by atoms with E-state index in [1.165, 1.54) is 0 Å². The standard InChI is InChI=1S/C42H59NO6/c1-25(2)33-28(44)23-42(35(46)43-26-13-11-10-12-14-26)22-21-40(8)27(34(33)42)15-16-30-39(7)19-18-31(49-32(45)24-37(3,4)36(47)48)38(5,6)29(39)17-20-41(30,40)9/h10-14,25,27,29-31H,15-24H2,1-9H3,(H,43,46)(H,47,48)/t27-,29+,30-,31+,39+,40-,41-,42-/m1/s1. The summed E-state index contributed by atoms with van der Waals surface area (Å²) < 4.78 is 6.14. The second-order valence-corrected chi connectivity index (χ2v) is 18.8. The minimum Gasteiger partial charge on any atom is -0.481 e. The number of ether oxygens (including phenoxy) is 1. The van der Waals surface area contributed by atoms with Crippen molar-refractivity contribution in [1.82, 2.24) is 0 Å². The molecule has 1 aromatic carbocycles. The molecule has 8 atom stereocenters. The van der Waals surface area contributed by atoms with Gasteiger partial charge in [-0.05, 0) is 128 Å². The maximum Gasteiger partial charge on any atom is 0.309 e. The first-order valence-electron chi connectivity index (χ1n) is 18.8. The van der Waals surface area contributed by atoms with Gasteiger partial charge in [0, 0.05) is 17.5 Å². The van der Waals surface area contributed by atoms with Crippen molar-refractivity contribution in [3.8, 4) is 0 Å². The molecule has 1 amide bonds. The Labute approximate surface area is 293 Å². The molecule has 0 bridgehead atoms. The van der Waals surface area contributed by atoms with Crippen LogP contribution in [0.3, 0.4) is 0 Å². The zero-order chi connectivity index (χ0) is 35.9. The van der Waals surface area contributed by atoms with Gasteiger partial charge >= 0.3 is 11.9 Å². The predicted octanol–water partition coefficient (Wildman–Crippen LogP) is 9.02. The van der Waals surface area contributed by atoms with Crippen LogP contribution in [0.1, 0.15) is 127 Å². The Bertz CT molecular complexity index is 1570. The van der Waals surface area contributed by atoms with Crippen molar-refractivity contribution in [1.29, 1.82) is 0 Å². The van der Waals surface area contributed by atoms with E-state index in [0.717, 1.165) is 61.8 Å². The number of Topliss-reactive ketones (excluding diaryl/α,β-unsaturated/α-hetero) is 1. The molecule has 4 saturated carbocycles. The number of nitrogens with one attached hydrogen (secondary N) is 1. The first-order chi connectivity index (χ1) is 22.7. The molecule has 7 heteroatoms. The molecule has 0 heterocycles. The molecule has 268 valence electrons. The number of aliphatic carboxylic acids is 1. The highest BCUT2D eigenvalue weighted by atomic mass is 16.5. The maximum atomic E-state index is 14.4. The van der Waals surface area contributed by atoms with Gasteiger partial charge < -0.3 is 15.2 Å². The molecule has 0 radical (unpaired) electrons. The number of hydrogen-bond donors (Lipinski definition) is 2. The molecule has 4 fully saturated rings. The van der Waals surface area contributed by atoms with E-state index in [-0.39, 0.29) is 64.1 Å². The molecule has 5 aliphatic carbocycles. The van der Waals surface area contributed by atoms with E-state index < -0.39 is 22.8 Å². The van der Waals surface area contributed by atoms with Gasteiger partial charge in [-0.1, -0.05) is 66.7 Å². The number of amides is 1. The van der Waals surface area contributed by atoms with Crippen molar-refractivity contribution in [2.24, 2.45) is 56.2 Å². The minimum absolute atomic E-state index is 0.0229. The Kier molecular flexibility index (Phi) is 8.63. The summed E-state index contributed by atoms with van der Waals surface area (Å²) in [6, 6.07) is 9.65. The van der Waals surface area contributed by atoms with E-state index in [0.29, 0.717) is 18.3 Å². The van der Waals surface area contributed by atoms with Gasteiger partial charge in [-0.25, -0.2) is 0 Å². The van der Waals surface area contributed by atoms with Gasteiger partial charge in [0.25, 0.3) is 0 Å². The SMILES string of the molecule is CC(C)C1=C2[C@H]3CC[C@@H]4[C@@]5(C)CC[C@H](OC(=O)CC(C)(C)C(=O)O)C(C)(C)[C@@H]5CC[C@@]4(C)[C@]3(C)CC[C@@]2(C(=O)Nc2ccccc2)CC1=O. The highest BCUT2D eigenvalue weighted by Crippen LogP contribution is 2.76. The molecular weight excluding hydrogens is 614 g/mol. The first kappa shape index (κ1) is 35.9. The third-order valence-electron chi connectivity index (χ3n) is 15.3. The molecule has 0 spiro atoms. The summed E-state index contributed by atoms with van der Waals surface area (Å²) in [6.07, 6.45) is 7.34. The van der Waals surface area contributed by atoms with E-state index >= 15 is 0 Å². The van der Waals surface area contributed by atoms with Crippen molar-refractivity contribution < 1.29 is 29.0 Å². The number of ketones is 1. The van der Waals surface area contributed by atoms with Crippen molar-refractivity contribution in [3.05, 3.63) is 41.5 Å². The summed E-state index contributed by atoms with van der Waals surface area (Å²) in [7, 11) is 0. The highest BCUT2D eigenvalue weighted by Gasteiger charge is 2.71. The molecule has 6 rings (SSSR count). The largest absolute Gasteiger partial charge is 0.481 e. The Morgan fingerprint density at radius 1 is 0.898 bits per heavy atom. The van der Waals surface area contributed by atoms with Gasteiger partial charge in [-0.2, -0.15) is 0 Å². The predicted molar refractivity (Wildman–Crippen MR) is 190 cm³/mol. The second kappa shape index (κ2) is 11.8. The van der Waals surface area contributed by atoms with E-state index in [2.05, 4.69) is 53.8 Å². The van der Waals surface area contributed by atoms with Crippen LogP contribution in [0.5, 0.6) is 0 Å². The average molecular weight is 674 g/mol. The monoisotopic (exact) mass is 673 g/mol. The number of carbonyl (C=O) groups excluding carboxylic acids is 3. The molecular formula is C42H59NO6. The molecule has 0 unspecified atom stereocenters. The third kappa shape index (κ3) is 5.25. The number of fused-ring (bicyclic) bond motifs is 7. The van der Waals surface area contributed by atoms with Crippen LogP contribution in [0, 0.1) is 56.2 Å². The number of para-hydroxylation sites is 1. The van der Waals surface area contributed by atoms with Gasteiger partial charge in [0.05, 0.1) is 17.3 Å². The lowest BCUT2D eigenvalue weighted by Gasteiger charge is -2.72. The van der Waals surface area contributed by atoms with Crippen molar-refractivity contribution in [2.75, 3.05) is 5.32 Å². The van der Waals surface area contributed by atoms with Crippen LogP contribution in [-0.2, 0) is 23.9 Å². The lowest BCUT2D eigenvalue weighted by Crippen LogP contribution is -2.66. The van der Waals surface area contributed by atoms with Crippen LogP contribution in [0.15, 0.2) is 41.5 Å². The van der Waals surface area contributed by atoms with E-state index in [9.17, 15) is 24.3 Å². The summed E-state index contributed by atoms with van der Waals surface area (Å²) in [4.78, 5) is 53.1. The average Bonchev–Trinajstić information content (AvgIpc) is 3.32. The summed E-state index contributed by atoms with van der Waals surface area (Å²) in [5, 5.41) is 12.8. The maximum absolute atomic E-state index is 14.4. The van der Waals surface area contributed by atoms with Crippen LogP contribution in [0.2, 0.25) is 0 Å². The molecule has 1 aromatic rings. The zero-order valence-corrected chi connectivity index (χ0v) is 31.3. The van der Waals surface area contributed by atoms with E-state index in [4.69, 9.17) is 4.74 Å². The van der Waals surface area contributed by atoms with Crippen LogP contribution in [0.4, 0.5) is 5.69 Å². The molecule has 0 aromatic heterocycles. The van der Waals surface area contributed by atoms with Crippen molar-refractivity contribution in [2.45, 2.75) is 133 Å². The normalized spacial score (nSPS) is 38.2. The molecule has 7 nitrogen and oxygen atoms in total. The van der Waals surface area contributed by atoms with Gasteiger partial charge in [0.15, 0.2) is 5.78 Å². The fourth-order valence-electron chi connectivity index (χ4n) is 12.5. The van der Waals surface area contributed by atoms with Gasteiger partial charge in [-0.15, -0.1) is 0 Å². The van der Waals surface area contributed by atoms with Crippen molar-refractivity contribution >= 4 is 29.3 Å². The van der Waals surface area contributed by atoms with E-state index in [1.54, 1.807) is 13.8 Å². The fraction of sp³-hybridized carbons (Fsp3) is 0.714.